The van der Waals surface area contributed by atoms with Crippen LogP contribution in [0.1, 0.15) is 38.8 Å². The number of ether oxygens (including phenoxy) is 2. The van der Waals surface area contributed by atoms with Crippen LogP contribution in [0.3, 0.4) is 0 Å². The summed E-state index contributed by atoms with van der Waals surface area (Å²) in [5, 5.41) is 0. The number of rotatable bonds is 7. The van der Waals surface area contributed by atoms with Gasteiger partial charge in [-0.25, -0.2) is 0 Å². The van der Waals surface area contributed by atoms with Gasteiger partial charge in [-0.15, -0.1) is 0 Å². The Bertz CT molecular complexity index is 837. The van der Waals surface area contributed by atoms with E-state index in [-0.39, 0.29) is 5.78 Å². The van der Waals surface area contributed by atoms with Crippen molar-refractivity contribution in [2.75, 3.05) is 26.3 Å². The van der Waals surface area contributed by atoms with Crippen LogP contribution in [0, 0.1) is 0 Å². The van der Waals surface area contributed by atoms with Gasteiger partial charge in [0.2, 0.25) is 0 Å². The molecule has 0 radical (unpaired) electrons. The number of Topliss-reactive ketones (excluding diaryl/α,β-unsaturated/α-hetero) is 1. The van der Waals surface area contributed by atoms with E-state index in [4.69, 9.17) is 9.47 Å². The molecule has 0 saturated carbocycles. The Morgan fingerprint density at radius 3 is 1.53 bits per heavy atom. The lowest BCUT2D eigenvalue weighted by Gasteiger charge is -2.30. The molecule has 2 aromatic rings. The van der Waals surface area contributed by atoms with E-state index in [9.17, 15) is 4.79 Å². The van der Waals surface area contributed by atoms with Gasteiger partial charge in [-0.3, -0.25) is 4.79 Å². The molecular weight excluding hydrogens is 374 g/mol. The smallest absolute Gasteiger partial charge is 0.196 e. The number of carbonyl (C=O) groups is 1. The predicted molar refractivity (Wildman–Crippen MR) is 122 cm³/mol. The van der Waals surface area contributed by atoms with Crippen LogP contribution in [-0.2, 0) is 4.79 Å². The normalized spacial score (nSPS) is 19.5. The molecule has 4 nitrogen and oxygen atoms in total. The van der Waals surface area contributed by atoms with Gasteiger partial charge in [0, 0.05) is 0 Å². The number of benzene rings is 2. The van der Waals surface area contributed by atoms with Gasteiger partial charge < -0.3 is 14.4 Å². The monoisotopic (exact) mass is 406 g/mol. The maximum atomic E-state index is 13.2. The van der Waals surface area contributed by atoms with E-state index in [1.165, 1.54) is 4.90 Å². The van der Waals surface area contributed by atoms with Gasteiger partial charge in [-0.05, 0) is 75.2 Å². The quantitative estimate of drug-likeness (QED) is 0.711. The molecule has 2 aromatic carbocycles. The molecule has 1 saturated heterocycles. The van der Waals surface area contributed by atoms with Crippen molar-refractivity contribution in [1.82, 2.24) is 0 Å². The molecule has 0 spiro atoms. The van der Waals surface area contributed by atoms with Crippen molar-refractivity contribution in [3.05, 3.63) is 70.8 Å². The van der Waals surface area contributed by atoms with Crippen molar-refractivity contribution < 1.29 is 19.2 Å². The van der Waals surface area contributed by atoms with Crippen LogP contribution in [-0.4, -0.2) is 38.1 Å². The van der Waals surface area contributed by atoms with E-state index in [2.05, 4.69) is 13.8 Å². The van der Waals surface area contributed by atoms with Gasteiger partial charge in [-0.2, -0.15) is 0 Å². The summed E-state index contributed by atoms with van der Waals surface area (Å²) in [6.07, 6.45) is 4.04. The second kappa shape index (κ2) is 10.3. The Hall–Kier alpha value is -2.85. The molecule has 1 aliphatic heterocycles. The van der Waals surface area contributed by atoms with Crippen LogP contribution in [0.2, 0.25) is 0 Å². The number of piperidine rings is 1. The molecule has 1 fully saturated rings. The average Bonchev–Trinajstić information content (AvgIpc) is 2.74. The van der Waals surface area contributed by atoms with Crippen LogP contribution >= 0.6 is 0 Å². The van der Waals surface area contributed by atoms with E-state index < -0.39 is 0 Å². The third kappa shape index (κ3) is 5.61. The number of hydrogen-bond acceptors (Lipinski definition) is 3. The maximum absolute atomic E-state index is 13.2. The van der Waals surface area contributed by atoms with Crippen LogP contribution in [0.4, 0.5) is 0 Å². The molecule has 3 rings (SSSR count). The van der Waals surface area contributed by atoms with Crippen molar-refractivity contribution in [1.29, 1.82) is 0 Å². The fraction of sp³-hybridized carbons (Fsp3) is 0.346. The summed E-state index contributed by atoms with van der Waals surface area (Å²) in [6.45, 7) is 11.1. The Kier molecular flexibility index (Phi) is 7.47. The molecule has 1 atom stereocenters. The largest absolute Gasteiger partial charge is 0.494 e. The standard InChI is InChI=1S/C26H31NO3/c1-5-29-24-11-7-20(8-12-24)15-22-17-27(19(3)4)18-23(26(22)28)16-21-9-13-25(14-10-21)30-6-2/h7-16,19H,5-6,17-18H2,1-4H3/p+1/b22-15-,23-16+. The van der Waals surface area contributed by atoms with Crippen LogP contribution < -0.4 is 14.4 Å². The van der Waals surface area contributed by atoms with E-state index in [1.807, 2.05) is 74.5 Å². The zero-order chi connectivity index (χ0) is 21.5. The topological polar surface area (TPSA) is 40.0 Å². The molecule has 30 heavy (non-hydrogen) atoms. The van der Waals surface area contributed by atoms with Crippen LogP contribution in [0.15, 0.2) is 59.7 Å². The zero-order valence-corrected chi connectivity index (χ0v) is 18.4. The summed E-state index contributed by atoms with van der Waals surface area (Å²) in [5.41, 5.74) is 3.75. The van der Waals surface area contributed by atoms with Gasteiger partial charge in [0.05, 0.1) is 30.4 Å². The lowest BCUT2D eigenvalue weighted by atomic mass is 9.93. The third-order valence-electron chi connectivity index (χ3n) is 5.30. The Morgan fingerprint density at radius 2 is 1.20 bits per heavy atom. The van der Waals surface area contributed by atoms with Crippen molar-refractivity contribution in [2.45, 2.75) is 33.7 Å². The van der Waals surface area contributed by atoms with Crippen LogP contribution in [0.5, 0.6) is 11.5 Å². The summed E-state index contributed by atoms with van der Waals surface area (Å²) in [6, 6.07) is 16.3. The van der Waals surface area contributed by atoms with E-state index >= 15 is 0 Å². The van der Waals surface area contributed by atoms with Crippen molar-refractivity contribution in [2.24, 2.45) is 0 Å². The first-order valence-electron chi connectivity index (χ1n) is 10.8. The lowest BCUT2D eigenvalue weighted by molar-refractivity contribution is -0.912. The predicted octanol–water partition coefficient (Wildman–Crippen LogP) is 3.83. The Morgan fingerprint density at radius 1 is 0.800 bits per heavy atom. The molecule has 1 heterocycles. The Balaban J connectivity index is 1.87. The molecule has 1 N–H and O–H groups in total. The highest BCUT2D eigenvalue weighted by molar-refractivity contribution is 6.14. The number of hydrogen-bond donors (Lipinski definition) is 1. The molecule has 1 unspecified atom stereocenters. The minimum Gasteiger partial charge on any atom is -0.494 e. The first-order chi connectivity index (χ1) is 14.5. The number of carbonyl (C=O) groups excluding carboxylic acids is 1. The number of quaternary nitrogens is 1. The molecule has 0 bridgehead atoms. The zero-order valence-electron chi connectivity index (χ0n) is 18.4. The number of nitrogens with one attached hydrogen (secondary N) is 1. The number of likely N-dealkylation sites (tertiary alicyclic amines) is 1. The second-order valence-electron chi connectivity index (χ2n) is 7.84. The van der Waals surface area contributed by atoms with Crippen LogP contribution in [0.25, 0.3) is 12.2 Å². The SMILES string of the molecule is CCOc1ccc(/C=C2/C[NH+](C(C)C)C/C(=C\c3ccc(OCC)cc3)C2=O)cc1. The summed E-state index contributed by atoms with van der Waals surface area (Å²) in [5.74, 6) is 1.84. The highest BCUT2D eigenvalue weighted by Crippen LogP contribution is 2.20. The van der Waals surface area contributed by atoms with Gasteiger partial charge in [-0.1, -0.05) is 24.3 Å². The number of ketones is 1. The van der Waals surface area contributed by atoms with Crippen molar-refractivity contribution in [3.63, 3.8) is 0 Å². The highest BCUT2D eigenvalue weighted by atomic mass is 16.5. The molecule has 4 heteroatoms. The van der Waals surface area contributed by atoms with Gasteiger partial charge in [0.1, 0.15) is 24.6 Å². The van der Waals surface area contributed by atoms with E-state index in [0.717, 1.165) is 46.9 Å². The van der Waals surface area contributed by atoms with Gasteiger partial charge in [0.15, 0.2) is 5.78 Å². The van der Waals surface area contributed by atoms with Crippen molar-refractivity contribution in [3.8, 4) is 11.5 Å². The first-order valence-corrected chi connectivity index (χ1v) is 10.8. The van der Waals surface area contributed by atoms with E-state index in [1.54, 1.807) is 0 Å². The summed E-state index contributed by atoms with van der Waals surface area (Å²) in [4.78, 5) is 14.6. The Labute approximate surface area is 179 Å². The minimum absolute atomic E-state index is 0.141. The van der Waals surface area contributed by atoms with Gasteiger partial charge >= 0.3 is 0 Å². The van der Waals surface area contributed by atoms with Crippen molar-refractivity contribution >= 4 is 17.9 Å². The summed E-state index contributed by atoms with van der Waals surface area (Å²) < 4.78 is 11.0. The summed E-state index contributed by atoms with van der Waals surface area (Å²) >= 11 is 0. The molecule has 158 valence electrons. The fourth-order valence-corrected chi connectivity index (χ4v) is 3.62. The molecule has 0 amide bonds. The first kappa shape index (κ1) is 21.8. The summed E-state index contributed by atoms with van der Waals surface area (Å²) in [7, 11) is 0. The maximum Gasteiger partial charge on any atom is 0.196 e. The third-order valence-corrected chi connectivity index (χ3v) is 5.30. The molecule has 1 aliphatic rings. The minimum atomic E-state index is 0.141. The van der Waals surface area contributed by atoms with Gasteiger partial charge in [0.25, 0.3) is 0 Å². The molecular formula is C26H32NO3+. The lowest BCUT2D eigenvalue weighted by Crippen LogP contribution is -3.16. The van der Waals surface area contributed by atoms with E-state index in [0.29, 0.717) is 19.3 Å². The molecule has 0 aromatic heterocycles. The molecule has 0 aliphatic carbocycles. The second-order valence-corrected chi connectivity index (χ2v) is 7.84. The highest BCUT2D eigenvalue weighted by Gasteiger charge is 2.30. The fourth-order valence-electron chi connectivity index (χ4n) is 3.62. The average molecular weight is 407 g/mol.